The third-order valence-electron chi connectivity index (χ3n) is 2.97. The summed E-state index contributed by atoms with van der Waals surface area (Å²) in [6.07, 6.45) is 6.17. The van der Waals surface area contributed by atoms with Crippen LogP contribution in [0.4, 0.5) is 0 Å². The molecule has 0 aliphatic heterocycles. The lowest BCUT2D eigenvalue weighted by Crippen LogP contribution is -1.89. The molecule has 15 heavy (non-hydrogen) atoms. The number of hydrogen-bond acceptors (Lipinski definition) is 2. The fraction of sp³-hybridized carbons (Fsp3) is 0.417. The zero-order chi connectivity index (χ0) is 10.4. The molecule has 2 aromatic heterocycles. The monoisotopic (exact) mass is 202 g/mol. The lowest BCUT2D eigenvalue weighted by molar-refractivity contribution is 0.195. The Hall–Kier alpha value is -1.35. The lowest BCUT2D eigenvalue weighted by atomic mass is 10.2. The van der Waals surface area contributed by atoms with Crippen LogP contribution in [0, 0.1) is 0 Å². The molecule has 3 rings (SSSR count). The Morgan fingerprint density at radius 1 is 1.40 bits per heavy atom. The molecule has 0 bridgehead atoms. The molecule has 1 atom stereocenters. The topological polar surface area (TPSA) is 37.5 Å². The Morgan fingerprint density at radius 2 is 2.20 bits per heavy atom. The van der Waals surface area contributed by atoms with E-state index in [0.717, 1.165) is 17.3 Å². The Morgan fingerprint density at radius 3 is 2.87 bits per heavy atom. The molecular weight excluding hydrogens is 188 g/mol. The van der Waals surface area contributed by atoms with Gasteiger partial charge in [0.1, 0.15) is 5.65 Å². The number of nitrogens with zero attached hydrogens (tertiary/aromatic N) is 2. The van der Waals surface area contributed by atoms with Gasteiger partial charge in [0, 0.05) is 12.4 Å². The molecule has 1 N–H and O–H groups in total. The minimum Gasteiger partial charge on any atom is -0.387 e. The first-order valence-electron chi connectivity index (χ1n) is 5.40. The molecule has 0 radical (unpaired) electrons. The number of pyridine rings is 1. The van der Waals surface area contributed by atoms with Gasteiger partial charge in [-0.1, -0.05) is 6.07 Å². The van der Waals surface area contributed by atoms with Crippen LogP contribution in [0.25, 0.3) is 5.65 Å². The van der Waals surface area contributed by atoms with Crippen LogP contribution in [0.15, 0.2) is 24.5 Å². The van der Waals surface area contributed by atoms with Crippen molar-refractivity contribution in [2.45, 2.75) is 31.8 Å². The van der Waals surface area contributed by atoms with Crippen LogP contribution in [0.3, 0.4) is 0 Å². The molecule has 0 spiro atoms. The number of fused-ring (bicyclic) bond motifs is 1. The van der Waals surface area contributed by atoms with Crippen molar-refractivity contribution in [1.82, 2.24) is 9.38 Å². The van der Waals surface area contributed by atoms with Crippen LogP contribution in [0.5, 0.6) is 0 Å². The van der Waals surface area contributed by atoms with Gasteiger partial charge in [-0.15, -0.1) is 0 Å². The van der Waals surface area contributed by atoms with Crippen LogP contribution in [0.2, 0.25) is 0 Å². The minimum atomic E-state index is -0.491. The van der Waals surface area contributed by atoms with Crippen LogP contribution in [-0.4, -0.2) is 14.5 Å². The summed E-state index contributed by atoms with van der Waals surface area (Å²) in [4.78, 5) is 4.35. The number of rotatable bonds is 2. The first kappa shape index (κ1) is 8.92. The van der Waals surface area contributed by atoms with Crippen molar-refractivity contribution in [1.29, 1.82) is 0 Å². The van der Waals surface area contributed by atoms with Gasteiger partial charge in [0.15, 0.2) is 0 Å². The molecule has 1 aliphatic rings. The van der Waals surface area contributed by atoms with Crippen molar-refractivity contribution in [3.8, 4) is 0 Å². The molecular formula is C12H14N2O. The molecule has 3 heteroatoms. The smallest absolute Gasteiger partial charge is 0.137 e. The Balaban J connectivity index is 2.09. The van der Waals surface area contributed by atoms with E-state index in [0.29, 0.717) is 0 Å². The van der Waals surface area contributed by atoms with Gasteiger partial charge in [0.2, 0.25) is 0 Å². The van der Waals surface area contributed by atoms with Crippen molar-refractivity contribution in [3.05, 3.63) is 35.8 Å². The van der Waals surface area contributed by atoms with E-state index < -0.39 is 6.10 Å². The van der Waals surface area contributed by atoms with Crippen LogP contribution < -0.4 is 0 Å². The standard InChI is InChI=1S/C12H14N2O/c1-8(15)11-7-14-6-10(9-2-3-9)4-5-12(14)13-11/h4-9,15H,2-3H2,1H3. The van der Waals surface area contributed by atoms with E-state index in [1.165, 1.54) is 18.4 Å². The zero-order valence-corrected chi connectivity index (χ0v) is 8.72. The summed E-state index contributed by atoms with van der Waals surface area (Å²) in [7, 11) is 0. The van der Waals surface area contributed by atoms with Gasteiger partial charge in [0.05, 0.1) is 11.8 Å². The third kappa shape index (κ3) is 1.53. The maximum atomic E-state index is 9.44. The maximum absolute atomic E-state index is 9.44. The van der Waals surface area contributed by atoms with Crippen molar-refractivity contribution in [3.63, 3.8) is 0 Å². The third-order valence-corrected chi connectivity index (χ3v) is 2.97. The molecule has 0 amide bonds. The van der Waals surface area contributed by atoms with Crippen molar-refractivity contribution in [2.75, 3.05) is 0 Å². The summed E-state index contributed by atoms with van der Waals surface area (Å²) in [6, 6.07) is 4.17. The highest BCUT2D eigenvalue weighted by Crippen LogP contribution is 2.39. The first-order chi connectivity index (χ1) is 7.24. The highest BCUT2D eigenvalue weighted by Gasteiger charge is 2.23. The minimum absolute atomic E-state index is 0.491. The summed E-state index contributed by atoms with van der Waals surface area (Å²) < 4.78 is 2.01. The fourth-order valence-electron chi connectivity index (χ4n) is 1.89. The Labute approximate surface area is 88.4 Å². The van der Waals surface area contributed by atoms with E-state index >= 15 is 0 Å². The molecule has 1 unspecified atom stereocenters. The second-order valence-corrected chi connectivity index (χ2v) is 4.34. The number of aliphatic hydroxyl groups is 1. The van der Waals surface area contributed by atoms with E-state index in [1.807, 2.05) is 16.7 Å². The zero-order valence-electron chi connectivity index (χ0n) is 8.72. The lowest BCUT2D eigenvalue weighted by Gasteiger charge is -1.98. The van der Waals surface area contributed by atoms with Gasteiger partial charge in [-0.25, -0.2) is 4.98 Å². The van der Waals surface area contributed by atoms with E-state index in [2.05, 4.69) is 17.2 Å². The van der Waals surface area contributed by atoms with E-state index in [1.54, 1.807) is 6.92 Å². The average Bonchev–Trinajstić information content (AvgIpc) is 2.96. The summed E-state index contributed by atoms with van der Waals surface area (Å²) in [5.74, 6) is 0.756. The predicted molar refractivity (Wildman–Crippen MR) is 57.8 cm³/mol. The van der Waals surface area contributed by atoms with Gasteiger partial charge in [0.25, 0.3) is 0 Å². The van der Waals surface area contributed by atoms with E-state index in [4.69, 9.17) is 0 Å². The molecule has 2 heterocycles. The fourth-order valence-corrected chi connectivity index (χ4v) is 1.89. The van der Waals surface area contributed by atoms with Gasteiger partial charge in [-0.2, -0.15) is 0 Å². The average molecular weight is 202 g/mol. The normalized spacial score (nSPS) is 18.3. The molecule has 0 saturated heterocycles. The number of hydrogen-bond donors (Lipinski definition) is 1. The molecule has 1 aliphatic carbocycles. The first-order valence-corrected chi connectivity index (χ1v) is 5.40. The summed E-state index contributed by atoms with van der Waals surface area (Å²) in [6.45, 7) is 1.74. The number of aliphatic hydroxyl groups excluding tert-OH is 1. The molecule has 1 fully saturated rings. The quantitative estimate of drug-likeness (QED) is 0.811. The van der Waals surface area contributed by atoms with Gasteiger partial charge < -0.3 is 9.51 Å². The highest BCUT2D eigenvalue weighted by molar-refractivity contribution is 5.43. The Bertz CT molecular complexity index is 497. The summed E-state index contributed by atoms with van der Waals surface area (Å²) >= 11 is 0. The van der Waals surface area contributed by atoms with Gasteiger partial charge >= 0.3 is 0 Å². The van der Waals surface area contributed by atoms with Crippen LogP contribution in [-0.2, 0) is 0 Å². The van der Waals surface area contributed by atoms with Crippen molar-refractivity contribution in [2.24, 2.45) is 0 Å². The number of aromatic nitrogens is 2. The Kier molecular flexibility index (Phi) is 1.83. The highest BCUT2D eigenvalue weighted by atomic mass is 16.3. The second-order valence-electron chi connectivity index (χ2n) is 4.34. The van der Waals surface area contributed by atoms with Crippen LogP contribution in [0.1, 0.15) is 43.0 Å². The molecule has 1 saturated carbocycles. The number of imidazole rings is 1. The predicted octanol–water partition coefficient (Wildman–Crippen LogP) is 2.27. The van der Waals surface area contributed by atoms with E-state index in [-0.39, 0.29) is 0 Å². The van der Waals surface area contributed by atoms with Gasteiger partial charge in [-0.05, 0) is 37.3 Å². The summed E-state index contributed by atoms with van der Waals surface area (Å²) in [5, 5.41) is 9.44. The molecule has 2 aromatic rings. The van der Waals surface area contributed by atoms with Crippen LogP contribution >= 0.6 is 0 Å². The van der Waals surface area contributed by atoms with E-state index in [9.17, 15) is 5.11 Å². The van der Waals surface area contributed by atoms with Crippen molar-refractivity contribution >= 4 is 5.65 Å². The van der Waals surface area contributed by atoms with Gasteiger partial charge in [-0.3, -0.25) is 0 Å². The molecule has 3 nitrogen and oxygen atoms in total. The largest absolute Gasteiger partial charge is 0.387 e. The SMILES string of the molecule is CC(O)c1cn2cc(C3CC3)ccc2n1. The summed E-state index contributed by atoms with van der Waals surface area (Å²) in [5.41, 5.74) is 3.04. The maximum Gasteiger partial charge on any atom is 0.137 e. The molecule has 0 aromatic carbocycles. The second kappa shape index (κ2) is 3.07. The molecule has 78 valence electrons. The van der Waals surface area contributed by atoms with Crippen molar-refractivity contribution < 1.29 is 5.11 Å².